The van der Waals surface area contributed by atoms with Crippen molar-refractivity contribution in [3.8, 4) is 0 Å². The molecule has 1 aromatic rings. The van der Waals surface area contributed by atoms with Gasteiger partial charge in [-0.15, -0.1) is 0 Å². The number of nitrogen functional groups attached to an aromatic ring is 1. The molecule has 0 fully saturated rings. The molecule has 0 radical (unpaired) electrons. The SMILES string of the molecule is CN(C)C(=O)c1cccc(C(=O)N(C)C)c1N. The van der Waals surface area contributed by atoms with Crippen LogP contribution >= 0.6 is 0 Å². The Morgan fingerprint density at radius 3 is 1.59 bits per heavy atom. The normalized spacial score (nSPS) is 9.88. The molecule has 0 bridgehead atoms. The molecule has 0 spiro atoms. The second kappa shape index (κ2) is 4.86. The van der Waals surface area contributed by atoms with E-state index in [-0.39, 0.29) is 17.5 Å². The van der Waals surface area contributed by atoms with Gasteiger partial charge in [-0.1, -0.05) is 6.07 Å². The molecule has 0 aromatic heterocycles. The van der Waals surface area contributed by atoms with E-state index in [0.29, 0.717) is 11.1 Å². The number of carbonyl (C=O) groups excluding carboxylic acids is 2. The first-order valence-electron chi connectivity index (χ1n) is 5.18. The summed E-state index contributed by atoms with van der Waals surface area (Å²) in [4.78, 5) is 26.5. The highest BCUT2D eigenvalue weighted by Crippen LogP contribution is 2.19. The molecule has 0 heterocycles. The minimum absolute atomic E-state index is 0.212. The van der Waals surface area contributed by atoms with Gasteiger partial charge in [0.2, 0.25) is 0 Å². The number of rotatable bonds is 2. The monoisotopic (exact) mass is 235 g/mol. The molecular formula is C12H17N3O2. The van der Waals surface area contributed by atoms with Crippen molar-refractivity contribution in [2.24, 2.45) is 0 Å². The Labute approximate surface area is 101 Å². The summed E-state index contributed by atoms with van der Waals surface area (Å²) in [6, 6.07) is 4.89. The van der Waals surface area contributed by atoms with Crippen molar-refractivity contribution < 1.29 is 9.59 Å². The molecule has 92 valence electrons. The van der Waals surface area contributed by atoms with Crippen LogP contribution in [0.2, 0.25) is 0 Å². The van der Waals surface area contributed by atoms with Gasteiger partial charge >= 0.3 is 0 Å². The van der Waals surface area contributed by atoms with Crippen LogP contribution in [0.4, 0.5) is 5.69 Å². The number of hydrogen-bond donors (Lipinski definition) is 1. The van der Waals surface area contributed by atoms with Gasteiger partial charge in [-0.3, -0.25) is 9.59 Å². The molecule has 0 aliphatic rings. The first kappa shape index (κ1) is 13.0. The van der Waals surface area contributed by atoms with Gasteiger partial charge in [0.25, 0.3) is 11.8 Å². The number of benzene rings is 1. The molecule has 5 nitrogen and oxygen atoms in total. The maximum atomic E-state index is 11.8. The van der Waals surface area contributed by atoms with Crippen LogP contribution in [0.25, 0.3) is 0 Å². The van der Waals surface area contributed by atoms with Crippen LogP contribution in [0.1, 0.15) is 20.7 Å². The zero-order chi connectivity index (χ0) is 13.2. The van der Waals surface area contributed by atoms with Crippen molar-refractivity contribution in [1.82, 2.24) is 9.80 Å². The lowest BCUT2D eigenvalue weighted by atomic mass is 10.1. The molecule has 0 saturated carbocycles. The van der Waals surface area contributed by atoms with E-state index in [1.165, 1.54) is 9.80 Å². The van der Waals surface area contributed by atoms with Crippen molar-refractivity contribution in [2.45, 2.75) is 0 Å². The van der Waals surface area contributed by atoms with Gasteiger partial charge in [-0.25, -0.2) is 0 Å². The Balaban J connectivity index is 3.25. The van der Waals surface area contributed by atoms with Crippen LogP contribution in [0.3, 0.4) is 0 Å². The summed E-state index contributed by atoms with van der Waals surface area (Å²) in [6.07, 6.45) is 0. The molecule has 2 amide bonds. The lowest BCUT2D eigenvalue weighted by Gasteiger charge is -2.16. The Morgan fingerprint density at radius 1 is 0.941 bits per heavy atom. The van der Waals surface area contributed by atoms with Crippen molar-refractivity contribution in [3.05, 3.63) is 29.3 Å². The molecular weight excluding hydrogens is 218 g/mol. The topological polar surface area (TPSA) is 66.6 Å². The van der Waals surface area contributed by atoms with E-state index in [9.17, 15) is 9.59 Å². The number of anilines is 1. The van der Waals surface area contributed by atoms with Gasteiger partial charge in [0.05, 0.1) is 16.8 Å². The van der Waals surface area contributed by atoms with Gasteiger partial charge < -0.3 is 15.5 Å². The first-order chi connectivity index (χ1) is 7.86. The van der Waals surface area contributed by atoms with Crippen LogP contribution in [-0.4, -0.2) is 49.8 Å². The van der Waals surface area contributed by atoms with Crippen molar-refractivity contribution in [3.63, 3.8) is 0 Å². The van der Waals surface area contributed by atoms with Crippen molar-refractivity contribution in [2.75, 3.05) is 33.9 Å². The zero-order valence-electron chi connectivity index (χ0n) is 10.5. The minimum atomic E-state index is -0.212. The van der Waals surface area contributed by atoms with Crippen molar-refractivity contribution >= 4 is 17.5 Å². The van der Waals surface area contributed by atoms with Crippen LogP contribution < -0.4 is 5.73 Å². The van der Waals surface area contributed by atoms with Crippen LogP contribution in [0, 0.1) is 0 Å². The summed E-state index contributed by atoms with van der Waals surface area (Å²) < 4.78 is 0. The minimum Gasteiger partial charge on any atom is -0.397 e. The molecule has 5 heteroatoms. The van der Waals surface area contributed by atoms with Gasteiger partial charge in [0.15, 0.2) is 0 Å². The molecule has 1 rings (SSSR count). The van der Waals surface area contributed by atoms with E-state index in [0.717, 1.165) is 0 Å². The Kier molecular flexibility index (Phi) is 3.73. The van der Waals surface area contributed by atoms with Crippen molar-refractivity contribution in [1.29, 1.82) is 0 Å². The summed E-state index contributed by atoms with van der Waals surface area (Å²) in [5, 5.41) is 0. The molecule has 0 saturated heterocycles. The van der Waals surface area contributed by atoms with E-state index in [1.54, 1.807) is 46.4 Å². The Morgan fingerprint density at radius 2 is 1.29 bits per heavy atom. The van der Waals surface area contributed by atoms with E-state index in [1.807, 2.05) is 0 Å². The number of nitrogens with two attached hydrogens (primary N) is 1. The van der Waals surface area contributed by atoms with Crippen LogP contribution in [0.15, 0.2) is 18.2 Å². The van der Waals surface area contributed by atoms with E-state index in [2.05, 4.69) is 0 Å². The average molecular weight is 235 g/mol. The standard InChI is InChI=1S/C12H17N3O2/c1-14(2)11(16)8-6-5-7-9(10(8)13)12(17)15(3)4/h5-7H,13H2,1-4H3. The first-order valence-corrected chi connectivity index (χ1v) is 5.18. The highest BCUT2D eigenvalue weighted by atomic mass is 16.2. The fourth-order valence-corrected chi connectivity index (χ4v) is 1.42. The highest BCUT2D eigenvalue weighted by Gasteiger charge is 2.18. The predicted molar refractivity (Wildman–Crippen MR) is 66.9 cm³/mol. The second-order valence-corrected chi connectivity index (χ2v) is 4.17. The molecule has 0 aliphatic heterocycles. The molecule has 17 heavy (non-hydrogen) atoms. The highest BCUT2D eigenvalue weighted by molar-refractivity contribution is 6.06. The molecule has 0 atom stereocenters. The number of hydrogen-bond acceptors (Lipinski definition) is 3. The maximum Gasteiger partial charge on any atom is 0.255 e. The third-order valence-corrected chi connectivity index (χ3v) is 2.38. The number of para-hydroxylation sites is 1. The summed E-state index contributed by atoms with van der Waals surface area (Å²) in [7, 11) is 6.56. The Bertz CT molecular complexity index is 415. The lowest BCUT2D eigenvalue weighted by Crippen LogP contribution is -2.26. The quantitative estimate of drug-likeness (QED) is 0.766. The molecule has 2 N–H and O–H groups in total. The van der Waals surface area contributed by atoms with Crippen LogP contribution in [-0.2, 0) is 0 Å². The van der Waals surface area contributed by atoms with Gasteiger partial charge in [-0.2, -0.15) is 0 Å². The fraction of sp³-hybridized carbons (Fsp3) is 0.333. The number of amides is 2. The largest absolute Gasteiger partial charge is 0.397 e. The Hall–Kier alpha value is -2.04. The second-order valence-electron chi connectivity index (χ2n) is 4.17. The lowest BCUT2D eigenvalue weighted by molar-refractivity contribution is 0.0828. The molecule has 1 aromatic carbocycles. The van der Waals surface area contributed by atoms with E-state index < -0.39 is 0 Å². The van der Waals surface area contributed by atoms with E-state index >= 15 is 0 Å². The fourth-order valence-electron chi connectivity index (χ4n) is 1.42. The summed E-state index contributed by atoms with van der Waals surface area (Å²) in [5.74, 6) is -0.424. The predicted octanol–water partition coefficient (Wildman–Crippen LogP) is 0.672. The zero-order valence-corrected chi connectivity index (χ0v) is 10.5. The summed E-state index contributed by atoms with van der Waals surface area (Å²) in [6.45, 7) is 0. The van der Waals surface area contributed by atoms with Gasteiger partial charge in [0.1, 0.15) is 0 Å². The number of nitrogens with zero attached hydrogens (tertiary/aromatic N) is 2. The summed E-state index contributed by atoms with van der Waals surface area (Å²) >= 11 is 0. The third kappa shape index (κ3) is 2.55. The maximum absolute atomic E-state index is 11.8. The molecule has 0 unspecified atom stereocenters. The van der Waals surface area contributed by atoms with Gasteiger partial charge in [0, 0.05) is 28.2 Å². The third-order valence-electron chi connectivity index (χ3n) is 2.38. The van der Waals surface area contributed by atoms with E-state index in [4.69, 9.17) is 5.73 Å². The smallest absolute Gasteiger partial charge is 0.255 e. The average Bonchev–Trinajstić information content (AvgIpc) is 2.27. The summed E-state index contributed by atoms with van der Waals surface area (Å²) in [5.41, 5.74) is 6.79. The molecule has 0 aliphatic carbocycles. The number of carbonyl (C=O) groups is 2. The van der Waals surface area contributed by atoms with Crippen LogP contribution in [0.5, 0.6) is 0 Å². The van der Waals surface area contributed by atoms with Gasteiger partial charge in [-0.05, 0) is 12.1 Å².